The van der Waals surface area contributed by atoms with Gasteiger partial charge in [-0.15, -0.1) is 11.3 Å². The van der Waals surface area contributed by atoms with Crippen molar-refractivity contribution in [3.05, 3.63) is 51.2 Å². The first kappa shape index (κ1) is 14.6. The average molecular weight is 291 g/mol. The third-order valence-corrected chi connectivity index (χ3v) is 4.12. The zero-order valence-corrected chi connectivity index (χ0v) is 12.3. The summed E-state index contributed by atoms with van der Waals surface area (Å²) in [5, 5.41) is 14.0. The maximum Gasteiger partial charge on any atom is 0.253 e. The molecule has 0 aliphatic heterocycles. The molecule has 0 spiro atoms. The van der Waals surface area contributed by atoms with Crippen LogP contribution in [0, 0.1) is 6.92 Å². The maximum atomic E-state index is 12.2. The highest BCUT2D eigenvalue weighted by atomic mass is 32.1. The summed E-state index contributed by atoms with van der Waals surface area (Å²) in [7, 11) is 1.62. The van der Waals surface area contributed by atoms with Crippen molar-refractivity contribution in [3.63, 3.8) is 0 Å². The van der Waals surface area contributed by atoms with Crippen molar-refractivity contribution in [1.29, 1.82) is 0 Å². The lowest BCUT2D eigenvalue weighted by atomic mass is 10.1. The van der Waals surface area contributed by atoms with Crippen LogP contribution in [0.15, 0.2) is 29.6 Å². The summed E-state index contributed by atoms with van der Waals surface area (Å²) in [6.07, 6.45) is 0. The van der Waals surface area contributed by atoms with E-state index in [1.165, 1.54) is 11.3 Å². The number of ether oxygens (including phenoxy) is 1. The molecule has 1 amide bonds. The first-order chi connectivity index (χ1) is 9.65. The summed E-state index contributed by atoms with van der Waals surface area (Å²) in [6, 6.07) is 7.53. The van der Waals surface area contributed by atoms with E-state index in [-0.39, 0.29) is 12.5 Å². The average Bonchev–Trinajstić information content (AvgIpc) is 2.86. The zero-order valence-electron chi connectivity index (χ0n) is 11.5. The molecule has 1 aromatic carbocycles. The van der Waals surface area contributed by atoms with E-state index in [4.69, 9.17) is 4.74 Å². The molecule has 0 saturated heterocycles. The number of aliphatic hydroxyl groups excluding tert-OH is 1. The minimum atomic E-state index is -0.149. The highest BCUT2D eigenvalue weighted by Crippen LogP contribution is 2.22. The normalized spacial score (nSPS) is 10.3. The van der Waals surface area contributed by atoms with Gasteiger partial charge in [0.1, 0.15) is 5.75 Å². The Balaban J connectivity index is 2.02. The smallest absolute Gasteiger partial charge is 0.253 e. The van der Waals surface area contributed by atoms with Crippen LogP contribution in [0.1, 0.15) is 26.4 Å². The third-order valence-electron chi connectivity index (χ3n) is 3.03. The molecule has 1 aromatic heterocycles. The van der Waals surface area contributed by atoms with Crippen LogP contribution < -0.4 is 10.1 Å². The molecule has 0 bridgehead atoms. The predicted octanol–water partition coefficient (Wildman–Crippen LogP) is 2.49. The van der Waals surface area contributed by atoms with E-state index in [0.29, 0.717) is 17.0 Å². The molecule has 106 valence electrons. The number of carbonyl (C=O) groups is 1. The molecule has 2 N–H and O–H groups in total. The van der Waals surface area contributed by atoms with Crippen LogP contribution in [0.5, 0.6) is 5.75 Å². The Labute approximate surface area is 122 Å². The van der Waals surface area contributed by atoms with Crippen LogP contribution >= 0.6 is 11.3 Å². The first-order valence-electron chi connectivity index (χ1n) is 6.24. The fraction of sp³-hybridized carbons (Fsp3) is 0.267. The van der Waals surface area contributed by atoms with Gasteiger partial charge in [0.25, 0.3) is 5.91 Å². The van der Waals surface area contributed by atoms with Crippen LogP contribution in [0.4, 0.5) is 0 Å². The van der Waals surface area contributed by atoms with Gasteiger partial charge in [-0.25, -0.2) is 0 Å². The van der Waals surface area contributed by atoms with Gasteiger partial charge >= 0.3 is 0 Å². The molecule has 0 radical (unpaired) electrons. The van der Waals surface area contributed by atoms with E-state index in [2.05, 4.69) is 5.32 Å². The number of amides is 1. The summed E-state index contributed by atoms with van der Waals surface area (Å²) in [5.74, 6) is 0.639. The minimum Gasteiger partial charge on any atom is -0.497 e. The lowest BCUT2D eigenvalue weighted by Gasteiger charge is -2.07. The highest BCUT2D eigenvalue weighted by Gasteiger charge is 2.15. The lowest BCUT2D eigenvalue weighted by molar-refractivity contribution is 0.0948. The second-order valence-corrected chi connectivity index (χ2v) is 5.37. The molecular weight excluding hydrogens is 274 g/mol. The highest BCUT2D eigenvalue weighted by molar-refractivity contribution is 7.10. The van der Waals surface area contributed by atoms with E-state index in [9.17, 15) is 9.90 Å². The SMILES string of the molecule is COc1ccc(CNC(=O)c2c(C)csc2CO)cc1. The molecule has 5 heteroatoms. The second kappa shape index (κ2) is 6.54. The van der Waals surface area contributed by atoms with Crippen LogP contribution in [0.2, 0.25) is 0 Å². The summed E-state index contributed by atoms with van der Waals surface area (Å²) < 4.78 is 5.09. The van der Waals surface area contributed by atoms with E-state index >= 15 is 0 Å². The predicted molar refractivity (Wildman–Crippen MR) is 79.1 cm³/mol. The van der Waals surface area contributed by atoms with Crippen LogP contribution in [-0.2, 0) is 13.2 Å². The maximum absolute atomic E-state index is 12.2. The van der Waals surface area contributed by atoms with Crippen molar-refractivity contribution in [3.8, 4) is 5.75 Å². The number of methoxy groups -OCH3 is 1. The van der Waals surface area contributed by atoms with Crippen molar-refractivity contribution in [2.45, 2.75) is 20.1 Å². The first-order valence-corrected chi connectivity index (χ1v) is 7.12. The van der Waals surface area contributed by atoms with E-state index < -0.39 is 0 Å². The number of thiophene rings is 1. The summed E-state index contributed by atoms with van der Waals surface area (Å²) in [4.78, 5) is 12.9. The Hall–Kier alpha value is -1.85. The van der Waals surface area contributed by atoms with E-state index in [1.54, 1.807) is 7.11 Å². The van der Waals surface area contributed by atoms with E-state index in [0.717, 1.165) is 16.9 Å². The van der Waals surface area contributed by atoms with Crippen molar-refractivity contribution in [1.82, 2.24) is 5.32 Å². The van der Waals surface area contributed by atoms with Gasteiger partial charge in [0.05, 0.1) is 19.3 Å². The van der Waals surface area contributed by atoms with Gasteiger partial charge in [-0.1, -0.05) is 12.1 Å². The molecule has 0 unspecified atom stereocenters. The lowest BCUT2D eigenvalue weighted by Crippen LogP contribution is -2.24. The fourth-order valence-electron chi connectivity index (χ4n) is 1.93. The topological polar surface area (TPSA) is 58.6 Å². The number of hydrogen-bond donors (Lipinski definition) is 2. The van der Waals surface area contributed by atoms with Crippen molar-refractivity contribution in [2.75, 3.05) is 7.11 Å². The van der Waals surface area contributed by atoms with Gasteiger partial charge in [-0.2, -0.15) is 0 Å². The number of nitrogens with one attached hydrogen (secondary N) is 1. The van der Waals surface area contributed by atoms with Gasteiger partial charge in [0.2, 0.25) is 0 Å². The van der Waals surface area contributed by atoms with E-state index in [1.807, 2.05) is 36.6 Å². The van der Waals surface area contributed by atoms with Crippen LogP contribution in [0.25, 0.3) is 0 Å². The summed E-state index contributed by atoms with van der Waals surface area (Å²) in [5.41, 5.74) is 2.48. The Morgan fingerprint density at radius 3 is 2.65 bits per heavy atom. The van der Waals surface area contributed by atoms with Gasteiger partial charge < -0.3 is 15.2 Å². The fourth-order valence-corrected chi connectivity index (χ4v) is 2.82. The summed E-state index contributed by atoms with van der Waals surface area (Å²) in [6.45, 7) is 2.21. The van der Waals surface area contributed by atoms with Crippen molar-refractivity contribution >= 4 is 17.2 Å². The standard InChI is InChI=1S/C15H17NO3S/c1-10-9-20-13(8-17)14(10)15(18)16-7-11-3-5-12(19-2)6-4-11/h3-6,9,17H,7-8H2,1-2H3,(H,16,18). The van der Waals surface area contributed by atoms with Crippen LogP contribution in [0.3, 0.4) is 0 Å². The molecule has 2 rings (SSSR count). The quantitative estimate of drug-likeness (QED) is 0.890. The van der Waals surface area contributed by atoms with Gasteiger partial charge in [-0.05, 0) is 35.6 Å². The number of hydrogen-bond acceptors (Lipinski definition) is 4. The number of benzene rings is 1. The Bertz CT molecular complexity index is 590. The number of aryl methyl sites for hydroxylation is 1. The molecule has 1 heterocycles. The largest absolute Gasteiger partial charge is 0.497 e. The monoisotopic (exact) mass is 291 g/mol. The minimum absolute atomic E-state index is 0.107. The Kier molecular flexibility index (Phi) is 4.76. The van der Waals surface area contributed by atoms with Crippen molar-refractivity contribution < 1.29 is 14.6 Å². The molecule has 4 nitrogen and oxygen atoms in total. The molecule has 2 aromatic rings. The Morgan fingerprint density at radius 1 is 1.35 bits per heavy atom. The van der Waals surface area contributed by atoms with Crippen molar-refractivity contribution in [2.24, 2.45) is 0 Å². The number of carbonyl (C=O) groups excluding carboxylic acids is 1. The van der Waals surface area contributed by atoms with Gasteiger partial charge in [0, 0.05) is 11.4 Å². The summed E-state index contributed by atoms with van der Waals surface area (Å²) >= 11 is 1.40. The van der Waals surface area contributed by atoms with Gasteiger partial charge in [0.15, 0.2) is 0 Å². The number of aliphatic hydroxyl groups is 1. The molecule has 0 saturated carbocycles. The number of rotatable bonds is 5. The molecule has 0 atom stereocenters. The Morgan fingerprint density at radius 2 is 2.05 bits per heavy atom. The molecular formula is C15H17NO3S. The molecule has 0 aliphatic carbocycles. The zero-order chi connectivity index (χ0) is 14.5. The second-order valence-electron chi connectivity index (χ2n) is 4.41. The van der Waals surface area contributed by atoms with Gasteiger partial charge in [-0.3, -0.25) is 4.79 Å². The van der Waals surface area contributed by atoms with Crippen LogP contribution in [-0.4, -0.2) is 18.1 Å². The third kappa shape index (κ3) is 3.18. The molecule has 0 fully saturated rings. The molecule has 0 aliphatic rings. The molecule has 20 heavy (non-hydrogen) atoms.